The fraction of sp³-hybridized carbons (Fsp3) is 0.467. The Balaban J connectivity index is 1.87. The number of ether oxygens (including phenoxy) is 1. The van der Waals surface area contributed by atoms with Gasteiger partial charge in [-0.05, 0) is 37.1 Å². The van der Waals surface area contributed by atoms with Gasteiger partial charge in [0, 0.05) is 25.9 Å². The molecule has 1 saturated heterocycles. The van der Waals surface area contributed by atoms with Crippen LogP contribution >= 0.6 is 0 Å². The second-order valence-corrected chi connectivity index (χ2v) is 5.03. The molecular formula is C15H19NO3. The molecule has 19 heavy (non-hydrogen) atoms. The molecule has 0 saturated carbocycles. The predicted molar refractivity (Wildman–Crippen MR) is 72.2 cm³/mol. The molecule has 1 fully saturated rings. The average Bonchev–Trinajstić information content (AvgIpc) is 2.36. The Kier molecular flexibility index (Phi) is 4.20. The lowest BCUT2D eigenvalue weighted by Crippen LogP contribution is -2.41. The maximum Gasteiger partial charge on any atom is 0.260 e. The number of hydrogen-bond acceptors (Lipinski definition) is 3. The molecule has 4 nitrogen and oxygen atoms in total. The molecule has 1 aliphatic rings. The SMILES string of the molecule is Cc1cc(C)cc(OCC(=O)N2CCC(=O)CC2)c1. The Bertz CT molecular complexity index is 466. The van der Waals surface area contributed by atoms with Crippen LogP contribution < -0.4 is 4.74 Å². The number of aryl methyl sites for hydroxylation is 2. The summed E-state index contributed by atoms with van der Waals surface area (Å²) < 4.78 is 5.53. The molecule has 0 bridgehead atoms. The van der Waals surface area contributed by atoms with Gasteiger partial charge in [-0.15, -0.1) is 0 Å². The third-order valence-corrected chi connectivity index (χ3v) is 3.23. The average molecular weight is 261 g/mol. The molecule has 1 heterocycles. The van der Waals surface area contributed by atoms with Gasteiger partial charge in [0.15, 0.2) is 6.61 Å². The van der Waals surface area contributed by atoms with Crippen LogP contribution in [0.15, 0.2) is 18.2 Å². The molecule has 1 aromatic rings. The van der Waals surface area contributed by atoms with E-state index in [1.807, 2.05) is 26.0 Å². The Hall–Kier alpha value is -1.84. The molecule has 1 aromatic carbocycles. The summed E-state index contributed by atoms with van der Waals surface area (Å²) in [6.45, 7) is 5.08. The lowest BCUT2D eigenvalue weighted by atomic mass is 10.1. The summed E-state index contributed by atoms with van der Waals surface area (Å²) in [6.07, 6.45) is 0.935. The number of hydrogen-bond donors (Lipinski definition) is 0. The molecule has 0 atom stereocenters. The van der Waals surface area contributed by atoms with Crippen molar-refractivity contribution >= 4 is 11.7 Å². The number of rotatable bonds is 3. The lowest BCUT2D eigenvalue weighted by molar-refractivity contribution is -0.136. The monoisotopic (exact) mass is 261 g/mol. The van der Waals surface area contributed by atoms with Crippen LogP contribution in [-0.4, -0.2) is 36.3 Å². The summed E-state index contributed by atoms with van der Waals surface area (Å²) in [7, 11) is 0. The van der Waals surface area contributed by atoms with E-state index in [9.17, 15) is 9.59 Å². The number of carbonyl (C=O) groups is 2. The molecule has 0 spiro atoms. The van der Waals surface area contributed by atoms with Crippen molar-refractivity contribution in [3.63, 3.8) is 0 Å². The summed E-state index contributed by atoms with van der Waals surface area (Å²) in [5.41, 5.74) is 2.23. The predicted octanol–water partition coefficient (Wildman–Crippen LogP) is 1.87. The molecule has 2 rings (SSSR count). The van der Waals surface area contributed by atoms with E-state index in [4.69, 9.17) is 4.74 Å². The minimum Gasteiger partial charge on any atom is -0.484 e. The van der Waals surface area contributed by atoms with Gasteiger partial charge < -0.3 is 9.64 Å². The number of ketones is 1. The van der Waals surface area contributed by atoms with Crippen molar-refractivity contribution < 1.29 is 14.3 Å². The van der Waals surface area contributed by atoms with Crippen LogP contribution in [0.2, 0.25) is 0 Å². The van der Waals surface area contributed by atoms with E-state index in [-0.39, 0.29) is 18.3 Å². The van der Waals surface area contributed by atoms with Gasteiger partial charge in [-0.1, -0.05) is 6.07 Å². The summed E-state index contributed by atoms with van der Waals surface area (Å²) in [5.74, 6) is 0.907. The minimum absolute atomic E-state index is 0.0388. The van der Waals surface area contributed by atoms with Crippen molar-refractivity contribution in [1.29, 1.82) is 0 Å². The van der Waals surface area contributed by atoms with Crippen LogP contribution in [-0.2, 0) is 9.59 Å². The molecule has 102 valence electrons. The van der Waals surface area contributed by atoms with E-state index < -0.39 is 0 Å². The van der Waals surface area contributed by atoms with Gasteiger partial charge in [-0.2, -0.15) is 0 Å². The van der Waals surface area contributed by atoms with Crippen LogP contribution in [0.3, 0.4) is 0 Å². The van der Waals surface area contributed by atoms with Gasteiger partial charge in [0.2, 0.25) is 0 Å². The number of likely N-dealkylation sites (tertiary alicyclic amines) is 1. The molecule has 0 radical (unpaired) electrons. The zero-order valence-corrected chi connectivity index (χ0v) is 11.4. The number of nitrogens with zero attached hydrogens (tertiary/aromatic N) is 1. The molecule has 4 heteroatoms. The van der Waals surface area contributed by atoms with Crippen LogP contribution in [0.1, 0.15) is 24.0 Å². The van der Waals surface area contributed by atoms with Gasteiger partial charge in [-0.3, -0.25) is 9.59 Å². The molecule has 0 unspecified atom stereocenters. The minimum atomic E-state index is -0.0494. The zero-order valence-electron chi connectivity index (χ0n) is 11.4. The van der Waals surface area contributed by atoms with Crippen molar-refractivity contribution in [2.45, 2.75) is 26.7 Å². The molecule has 0 aromatic heterocycles. The molecular weight excluding hydrogens is 242 g/mol. The Labute approximate surface area is 113 Å². The molecule has 0 aliphatic carbocycles. The highest BCUT2D eigenvalue weighted by Gasteiger charge is 2.20. The van der Waals surface area contributed by atoms with Crippen LogP contribution in [0.5, 0.6) is 5.75 Å². The fourth-order valence-corrected chi connectivity index (χ4v) is 2.26. The zero-order chi connectivity index (χ0) is 13.8. The maximum absolute atomic E-state index is 11.9. The number of amides is 1. The van der Waals surface area contributed by atoms with E-state index in [0.29, 0.717) is 25.9 Å². The standard InChI is InChI=1S/C15H19NO3/c1-11-7-12(2)9-14(8-11)19-10-15(18)16-5-3-13(17)4-6-16/h7-9H,3-6,10H2,1-2H3. The third kappa shape index (κ3) is 3.81. The highest BCUT2D eigenvalue weighted by atomic mass is 16.5. The first-order chi connectivity index (χ1) is 9.04. The van der Waals surface area contributed by atoms with Crippen molar-refractivity contribution in [3.05, 3.63) is 29.3 Å². The van der Waals surface area contributed by atoms with Crippen molar-refractivity contribution in [2.75, 3.05) is 19.7 Å². The van der Waals surface area contributed by atoms with Crippen LogP contribution in [0.4, 0.5) is 0 Å². The van der Waals surface area contributed by atoms with E-state index in [0.717, 1.165) is 16.9 Å². The molecule has 1 amide bonds. The first kappa shape index (κ1) is 13.6. The summed E-state index contributed by atoms with van der Waals surface area (Å²) in [6, 6.07) is 5.89. The van der Waals surface area contributed by atoms with Gasteiger partial charge in [0.05, 0.1) is 0 Å². The lowest BCUT2D eigenvalue weighted by Gasteiger charge is -2.26. The van der Waals surface area contributed by atoms with Crippen molar-refractivity contribution in [2.24, 2.45) is 0 Å². The topological polar surface area (TPSA) is 46.6 Å². The summed E-state index contributed by atoms with van der Waals surface area (Å²) in [5, 5.41) is 0. The largest absolute Gasteiger partial charge is 0.484 e. The highest BCUT2D eigenvalue weighted by molar-refractivity contribution is 5.83. The summed E-state index contributed by atoms with van der Waals surface area (Å²) >= 11 is 0. The number of carbonyl (C=O) groups excluding carboxylic acids is 2. The number of Topliss-reactive ketones (excluding diaryl/α,β-unsaturated/α-hetero) is 1. The van der Waals surface area contributed by atoms with Gasteiger partial charge >= 0.3 is 0 Å². The molecule has 0 N–H and O–H groups in total. The molecule has 1 aliphatic heterocycles. The second-order valence-electron chi connectivity index (χ2n) is 5.03. The normalized spacial score (nSPS) is 15.5. The first-order valence-corrected chi connectivity index (χ1v) is 6.55. The van der Waals surface area contributed by atoms with Gasteiger partial charge in [-0.25, -0.2) is 0 Å². The number of benzene rings is 1. The van der Waals surface area contributed by atoms with E-state index in [1.54, 1.807) is 4.90 Å². The second kappa shape index (κ2) is 5.87. The summed E-state index contributed by atoms with van der Waals surface area (Å²) in [4.78, 5) is 24.8. The maximum atomic E-state index is 11.9. The van der Waals surface area contributed by atoms with E-state index in [1.165, 1.54) is 0 Å². The van der Waals surface area contributed by atoms with Crippen LogP contribution in [0.25, 0.3) is 0 Å². The first-order valence-electron chi connectivity index (χ1n) is 6.55. The van der Waals surface area contributed by atoms with Gasteiger partial charge in [0.25, 0.3) is 5.91 Å². The third-order valence-electron chi connectivity index (χ3n) is 3.23. The van der Waals surface area contributed by atoms with E-state index in [2.05, 4.69) is 6.07 Å². The smallest absolute Gasteiger partial charge is 0.260 e. The van der Waals surface area contributed by atoms with E-state index >= 15 is 0 Å². The Morgan fingerprint density at radius 3 is 2.32 bits per heavy atom. The Morgan fingerprint density at radius 1 is 1.16 bits per heavy atom. The van der Waals surface area contributed by atoms with Crippen LogP contribution in [0, 0.1) is 13.8 Å². The number of piperidine rings is 1. The van der Waals surface area contributed by atoms with Crippen molar-refractivity contribution in [3.8, 4) is 5.75 Å². The van der Waals surface area contributed by atoms with Crippen molar-refractivity contribution in [1.82, 2.24) is 4.90 Å². The highest BCUT2D eigenvalue weighted by Crippen LogP contribution is 2.16. The quantitative estimate of drug-likeness (QED) is 0.834. The van der Waals surface area contributed by atoms with Gasteiger partial charge in [0.1, 0.15) is 11.5 Å². The fourth-order valence-electron chi connectivity index (χ4n) is 2.26. The Morgan fingerprint density at radius 2 is 1.74 bits per heavy atom.